The summed E-state index contributed by atoms with van der Waals surface area (Å²) >= 11 is 0. The molecule has 3 rings (SSSR count). The predicted octanol–water partition coefficient (Wildman–Crippen LogP) is 2.13. The third kappa shape index (κ3) is 4.11. The number of imide groups is 1. The summed E-state index contributed by atoms with van der Waals surface area (Å²) in [6.07, 6.45) is 2.06. The maximum atomic E-state index is 12.6. The zero-order valence-electron chi connectivity index (χ0n) is 16.8. The van der Waals surface area contributed by atoms with Crippen molar-refractivity contribution in [3.63, 3.8) is 0 Å². The van der Waals surface area contributed by atoms with Gasteiger partial charge in [-0.2, -0.15) is 0 Å². The average molecular weight is 402 g/mol. The zero-order valence-corrected chi connectivity index (χ0v) is 16.8. The fourth-order valence-electron chi connectivity index (χ4n) is 3.98. The van der Waals surface area contributed by atoms with Gasteiger partial charge in [-0.05, 0) is 38.8 Å². The molecule has 0 bridgehead atoms. The Labute approximate surface area is 169 Å². The number of rotatable bonds is 6. The SMILES string of the molecule is COc1ccccc1NC(=O)[C@@H](C)OC(=O)[C@H](C)N1C(=O)[C@H]2CCCC[C@@H]2C1=O. The highest BCUT2D eigenvalue weighted by Crippen LogP contribution is 2.39. The van der Waals surface area contributed by atoms with Gasteiger partial charge in [0.1, 0.15) is 11.8 Å². The normalized spacial score (nSPS) is 23.2. The van der Waals surface area contributed by atoms with Crippen molar-refractivity contribution in [1.82, 2.24) is 4.90 Å². The molecule has 4 atom stereocenters. The highest BCUT2D eigenvalue weighted by Gasteiger charge is 2.51. The second kappa shape index (κ2) is 8.63. The molecule has 0 aromatic heterocycles. The fraction of sp³-hybridized carbons (Fsp3) is 0.524. The van der Waals surface area contributed by atoms with Crippen LogP contribution in [0.4, 0.5) is 5.69 Å². The maximum Gasteiger partial charge on any atom is 0.329 e. The number of benzene rings is 1. The van der Waals surface area contributed by atoms with E-state index in [1.165, 1.54) is 21.0 Å². The highest BCUT2D eigenvalue weighted by atomic mass is 16.5. The van der Waals surface area contributed by atoms with E-state index in [9.17, 15) is 19.2 Å². The molecule has 1 heterocycles. The fourth-order valence-corrected chi connectivity index (χ4v) is 3.98. The molecule has 1 aliphatic heterocycles. The third-order valence-corrected chi connectivity index (χ3v) is 5.63. The first-order chi connectivity index (χ1) is 13.8. The van der Waals surface area contributed by atoms with Crippen molar-refractivity contribution in [2.24, 2.45) is 11.8 Å². The van der Waals surface area contributed by atoms with Crippen LogP contribution in [-0.4, -0.2) is 47.8 Å². The Morgan fingerprint density at radius 3 is 2.24 bits per heavy atom. The number of fused-ring (bicyclic) bond motifs is 1. The third-order valence-electron chi connectivity index (χ3n) is 5.63. The maximum absolute atomic E-state index is 12.6. The van der Waals surface area contributed by atoms with Gasteiger partial charge < -0.3 is 14.8 Å². The molecule has 1 saturated heterocycles. The van der Waals surface area contributed by atoms with Crippen molar-refractivity contribution in [3.8, 4) is 5.75 Å². The van der Waals surface area contributed by atoms with Crippen LogP contribution in [0, 0.1) is 11.8 Å². The molecule has 0 unspecified atom stereocenters. The van der Waals surface area contributed by atoms with Gasteiger partial charge >= 0.3 is 5.97 Å². The number of methoxy groups -OCH3 is 1. The van der Waals surface area contributed by atoms with Gasteiger partial charge in [-0.15, -0.1) is 0 Å². The van der Waals surface area contributed by atoms with Crippen LogP contribution in [0.25, 0.3) is 0 Å². The van der Waals surface area contributed by atoms with E-state index in [-0.39, 0.29) is 23.7 Å². The molecule has 1 saturated carbocycles. The van der Waals surface area contributed by atoms with E-state index in [1.807, 2.05) is 0 Å². The second-order valence-electron chi connectivity index (χ2n) is 7.49. The smallest absolute Gasteiger partial charge is 0.329 e. The monoisotopic (exact) mass is 402 g/mol. The van der Waals surface area contributed by atoms with Crippen molar-refractivity contribution >= 4 is 29.4 Å². The van der Waals surface area contributed by atoms with Crippen molar-refractivity contribution in [1.29, 1.82) is 0 Å². The van der Waals surface area contributed by atoms with Crippen LogP contribution in [0.1, 0.15) is 39.5 Å². The Kier molecular flexibility index (Phi) is 6.20. The first-order valence-electron chi connectivity index (χ1n) is 9.86. The quantitative estimate of drug-likeness (QED) is 0.578. The van der Waals surface area contributed by atoms with Crippen LogP contribution in [-0.2, 0) is 23.9 Å². The molecule has 1 N–H and O–H groups in total. The molecular weight excluding hydrogens is 376 g/mol. The Hall–Kier alpha value is -2.90. The molecule has 3 amide bonds. The average Bonchev–Trinajstić information content (AvgIpc) is 2.98. The van der Waals surface area contributed by atoms with Crippen LogP contribution in [0.15, 0.2) is 24.3 Å². The van der Waals surface area contributed by atoms with Crippen molar-refractivity contribution in [2.45, 2.75) is 51.7 Å². The molecule has 156 valence electrons. The Bertz CT molecular complexity index is 799. The minimum atomic E-state index is -1.11. The number of anilines is 1. The Morgan fingerprint density at radius 1 is 1.07 bits per heavy atom. The van der Waals surface area contributed by atoms with Gasteiger partial charge in [0.15, 0.2) is 6.10 Å². The molecule has 8 nitrogen and oxygen atoms in total. The summed E-state index contributed by atoms with van der Waals surface area (Å²) in [5.74, 6) is -2.14. The van der Waals surface area contributed by atoms with E-state index in [4.69, 9.17) is 9.47 Å². The summed E-state index contributed by atoms with van der Waals surface area (Å²) in [6.45, 7) is 2.89. The number of para-hydroxylation sites is 2. The number of hydrogen-bond donors (Lipinski definition) is 1. The number of ether oxygens (including phenoxy) is 2. The molecule has 2 fully saturated rings. The Balaban J connectivity index is 1.62. The van der Waals surface area contributed by atoms with Gasteiger partial charge in [-0.3, -0.25) is 19.3 Å². The molecule has 2 aliphatic rings. The summed E-state index contributed by atoms with van der Waals surface area (Å²) in [6, 6.07) is 5.79. The number of likely N-dealkylation sites (tertiary alicyclic amines) is 1. The van der Waals surface area contributed by atoms with Crippen molar-refractivity contribution in [2.75, 3.05) is 12.4 Å². The van der Waals surface area contributed by atoms with E-state index < -0.39 is 24.0 Å². The predicted molar refractivity (Wildman–Crippen MR) is 104 cm³/mol. The van der Waals surface area contributed by atoms with Crippen LogP contribution >= 0.6 is 0 Å². The molecule has 1 aromatic rings. The first-order valence-corrected chi connectivity index (χ1v) is 9.86. The van der Waals surface area contributed by atoms with Crippen LogP contribution in [0.2, 0.25) is 0 Å². The van der Waals surface area contributed by atoms with Gasteiger partial charge in [0.25, 0.3) is 5.91 Å². The minimum absolute atomic E-state index is 0.310. The molecule has 1 aromatic carbocycles. The lowest BCUT2D eigenvalue weighted by Crippen LogP contribution is -2.46. The van der Waals surface area contributed by atoms with E-state index in [1.54, 1.807) is 24.3 Å². The summed E-state index contributed by atoms with van der Waals surface area (Å²) in [5.41, 5.74) is 0.449. The summed E-state index contributed by atoms with van der Waals surface area (Å²) in [5, 5.41) is 2.64. The number of esters is 1. The molecule has 1 aliphatic carbocycles. The van der Waals surface area contributed by atoms with Crippen molar-refractivity contribution in [3.05, 3.63) is 24.3 Å². The Morgan fingerprint density at radius 2 is 1.66 bits per heavy atom. The van der Waals surface area contributed by atoms with Crippen molar-refractivity contribution < 1.29 is 28.7 Å². The number of amides is 3. The largest absolute Gasteiger partial charge is 0.495 e. The van der Waals surface area contributed by atoms with Gasteiger partial charge in [0, 0.05) is 0 Å². The lowest BCUT2D eigenvalue weighted by molar-refractivity contribution is -0.163. The van der Waals surface area contributed by atoms with Gasteiger partial charge in [0.05, 0.1) is 24.6 Å². The summed E-state index contributed by atoms with van der Waals surface area (Å²) in [7, 11) is 1.48. The molecule has 29 heavy (non-hydrogen) atoms. The van der Waals surface area contributed by atoms with Gasteiger partial charge in [-0.25, -0.2) is 4.79 Å². The van der Waals surface area contributed by atoms with Crippen LogP contribution in [0.5, 0.6) is 5.75 Å². The number of hydrogen-bond acceptors (Lipinski definition) is 6. The summed E-state index contributed by atoms with van der Waals surface area (Å²) in [4.78, 5) is 51.2. The molecule has 0 spiro atoms. The van der Waals surface area contributed by atoms with Gasteiger partial charge in [-0.1, -0.05) is 25.0 Å². The van der Waals surface area contributed by atoms with Crippen LogP contribution < -0.4 is 10.1 Å². The van der Waals surface area contributed by atoms with E-state index >= 15 is 0 Å². The lowest BCUT2D eigenvalue weighted by atomic mass is 9.81. The van der Waals surface area contributed by atoms with Gasteiger partial charge in [0.2, 0.25) is 11.8 Å². The van der Waals surface area contributed by atoms with E-state index in [0.717, 1.165) is 17.7 Å². The molecular formula is C21H26N2O6. The second-order valence-corrected chi connectivity index (χ2v) is 7.49. The first kappa shape index (κ1) is 20.8. The molecule has 8 heteroatoms. The number of nitrogens with one attached hydrogen (secondary N) is 1. The van der Waals surface area contributed by atoms with Crippen LogP contribution in [0.3, 0.4) is 0 Å². The van der Waals surface area contributed by atoms with E-state index in [0.29, 0.717) is 24.3 Å². The highest BCUT2D eigenvalue weighted by molar-refractivity contribution is 6.08. The summed E-state index contributed by atoms with van der Waals surface area (Å²) < 4.78 is 10.4. The lowest BCUT2D eigenvalue weighted by Gasteiger charge is -2.23. The number of nitrogens with zero attached hydrogens (tertiary/aromatic N) is 1. The standard InChI is InChI=1S/C21H26N2O6/c1-12(23-19(25)14-8-4-5-9-15(14)20(23)26)21(27)29-13(2)18(24)22-16-10-6-7-11-17(16)28-3/h6-7,10-15H,4-5,8-9H2,1-3H3,(H,22,24)/t12-,13+,14-,15-/m0/s1. The zero-order chi connectivity index (χ0) is 21.1. The topological polar surface area (TPSA) is 102 Å². The number of carbonyl (C=O) groups excluding carboxylic acids is 4. The minimum Gasteiger partial charge on any atom is -0.495 e. The van der Waals surface area contributed by atoms with E-state index in [2.05, 4.69) is 5.32 Å². The number of carbonyl (C=O) groups is 4. The molecule has 0 radical (unpaired) electrons.